The molecule has 1 aromatic rings. The molecule has 0 atom stereocenters. The van der Waals surface area contributed by atoms with Crippen LogP contribution in [-0.2, 0) is 13.0 Å². The molecule has 1 aliphatic rings. The molecule has 1 aliphatic carbocycles. The molecule has 0 saturated heterocycles. The first-order valence-corrected chi connectivity index (χ1v) is 7.36. The minimum atomic E-state index is 0.264. The molecule has 18 heavy (non-hydrogen) atoms. The maximum atomic E-state index is 6.11. The van der Waals surface area contributed by atoms with E-state index in [0.29, 0.717) is 0 Å². The van der Waals surface area contributed by atoms with Gasteiger partial charge < -0.3 is 5.73 Å². The fourth-order valence-electron chi connectivity index (χ4n) is 3.13. The first-order valence-electron chi connectivity index (χ1n) is 7.36. The van der Waals surface area contributed by atoms with E-state index in [4.69, 9.17) is 5.73 Å². The van der Waals surface area contributed by atoms with E-state index in [9.17, 15) is 0 Å². The lowest BCUT2D eigenvalue weighted by Gasteiger charge is -2.34. The fourth-order valence-corrected chi connectivity index (χ4v) is 3.13. The Morgan fingerprint density at radius 2 is 1.89 bits per heavy atom. The van der Waals surface area contributed by atoms with Gasteiger partial charge >= 0.3 is 0 Å². The minimum absolute atomic E-state index is 0.264. The van der Waals surface area contributed by atoms with Gasteiger partial charge in [-0.15, -0.1) is 0 Å². The zero-order chi connectivity index (χ0) is 12.8. The Balaban J connectivity index is 2.10. The van der Waals surface area contributed by atoms with Gasteiger partial charge in [0.2, 0.25) is 0 Å². The van der Waals surface area contributed by atoms with Gasteiger partial charge in [0.1, 0.15) is 12.2 Å². The molecule has 0 aromatic carbocycles. The fraction of sp³-hybridized carbons (Fsp3) is 0.857. The van der Waals surface area contributed by atoms with Gasteiger partial charge in [0.15, 0.2) is 0 Å². The Kier molecular flexibility index (Phi) is 4.75. The first-order chi connectivity index (χ1) is 8.79. The molecule has 1 fully saturated rings. The molecule has 0 aliphatic heterocycles. The number of hydrogen-bond acceptors (Lipinski definition) is 3. The number of aromatic nitrogens is 3. The highest BCUT2D eigenvalue weighted by molar-refractivity contribution is 4.95. The average Bonchev–Trinajstić information content (AvgIpc) is 2.80. The van der Waals surface area contributed by atoms with Crippen molar-refractivity contribution in [3.8, 4) is 0 Å². The first kappa shape index (κ1) is 13.5. The quantitative estimate of drug-likeness (QED) is 0.893. The molecule has 0 bridgehead atoms. The summed E-state index contributed by atoms with van der Waals surface area (Å²) in [6.07, 6.45) is 11.9. The van der Waals surface area contributed by atoms with E-state index in [-0.39, 0.29) is 5.41 Å². The van der Waals surface area contributed by atoms with Gasteiger partial charge in [0, 0.05) is 13.0 Å². The Bertz CT molecular complexity index is 350. The summed E-state index contributed by atoms with van der Waals surface area (Å²) in [6.45, 7) is 3.80. The molecule has 1 heterocycles. The third-order valence-corrected chi connectivity index (χ3v) is 4.38. The molecule has 2 N–H and O–H groups in total. The summed E-state index contributed by atoms with van der Waals surface area (Å²) in [5, 5.41) is 4.27. The Morgan fingerprint density at radius 3 is 2.50 bits per heavy atom. The molecule has 0 spiro atoms. The largest absolute Gasteiger partial charge is 0.330 e. The van der Waals surface area contributed by atoms with E-state index in [1.54, 1.807) is 6.33 Å². The van der Waals surface area contributed by atoms with Crippen molar-refractivity contribution in [3.05, 3.63) is 12.2 Å². The molecule has 2 rings (SSSR count). The van der Waals surface area contributed by atoms with Crippen molar-refractivity contribution in [3.63, 3.8) is 0 Å². The van der Waals surface area contributed by atoms with E-state index < -0.39 is 0 Å². The lowest BCUT2D eigenvalue weighted by molar-refractivity contribution is 0.210. The summed E-state index contributed by atoms with van der Waals surface area (Å²) in [5.41, 5.74) is 6.37. The zero-order valence-electron chi connectivity index (χ0n) is 11.6. The predicted molar refractivity (Wildman–Crippen MR) is 73.2 cm³/mol. The van der Waals surface area contributed by atoms with Crippen molar-refractivity contribution in [2.24, 2.45) is 11.1 Å². The molecule has 0 radical (unpaired) electrons. The van der Waals surface area contributed by atoms with Crippen molar-refractivity contribution in [2.45, 2.75) is 64.8 Å². The third-order valence-electron chi connectivity index (χ3n) is 4.38. The summed E-state index contributed by atoms with van der Waals surface area (Å²) in [6, 6.07) is 0. The van der Waals surface area contributed by atoms with E-state index in [2.05, 4.69) is 17.0 Å². The summed E-state index contributed by atoms with van der Waals surface area (Å²) in [4.78, 5) is 4.42. The van der Waals surface area contributed by atoms with E-state index in [0.717, 1.165) is 25.3 Å². The Labute approximate surface area is 110 Å². The maximum Gasteiger partial charge on any atom is 0.138 e. The Morgan fingerprint density at radius 1 is 1.22 bits per heavy atom. The lowest BCUT2D eigenvalue weighted by Crippen LogP contribution is -2.34. The normalized spacial score (nSPS) is 20.3. The smallest absolute Gasteiger partial charge is 0.138 e. The second-order valence-corrected chi connectivity index (χ2v) is 5.64. The number of nitrogens with two attached hydrogens (primary N) is 1. The van der Waals surface area contributed by atoms with Gasteiger partial charge in [-0.1, -0.05) is 32.1 Å². The van der Waals surface area contributed by atoms with Crippen LogP contribution < -0.4 is 5.73 Å². The molecule has 0 amide bonds. The topological polar surface area (TPSA) is 56.7 Å². The van der Waals surface area contributed by atoms with Crippen molar-refractivity contribution in [2.75, 3.05) is 6.54 Å². The zero-order valence-corrected chi connectivity index (χ0v) is 11.6. The number of nitrogens with zero attached hydrogens (tertiary/aromatic N) is 3. The molecular weight excluding hydrogens is 224 g/mol. The lowest BCUT2D eigenvalue weighted by atomic mass is 9.73. The third kappa shape index (κ3) is 3.10. The Hall–Kier alpha value is -0.900. The van der Waals surface area contributed by atoms with Crippen LogP contribution in [0.4, 0.5) is 0 Å². The molecular formula is C14H26N4. The maximum absolute atomic E-state index is 6.11. The second-order valence-electron chi connectivity index (χ2n) is 5.64. The van der Waals surface area contributed by atoms with Gasteiger partial charge in [-0.25, -0.2) is 4.98 Å². The van der Waals surface area contributed by atoms with Crippen LogP contribution in [0.3, 0.4) is 0 Å². The summed E-state index contributed by atoms with van der Waals surface area (Å²) in [7, 11) is 0. The van der Waals surface area contributed by atoms with Crippen LogP contribution in [0.1, 0.15) is 57.7 Å². The van der Waals surface area contributed by atoms with E-state index >= 15 is 0 Å². The van der Waals surface area contributed by atoms with Gasteiger partial charge in [0.25, 0.3) is 0 Å². The van der Waals surface area contributed by atoms with Crippen LogP contribution in [0.15, 0.2) is 6.33 Å². The van der Waals surface area contributed by atoms with Gasteiger partial charge in [-0.05, 0) is 31.7 Å². The minimum Gasteiger partial charge on any atom is -0.330 e. The summed E-state index contributed by atoms with van der Waals surface area (Å²) in [5.74, 6) is 1.11. The van der Waals surface area contributed by atoms with Crippen molar-refractivity contribution < 1.29 is 0 Å². The predicted octanol–water partition coefficient (Wildman–Crippen LogP) is 2.53. The van der Waals surface area contributed by atoms with Crippen molar-refractivity contribution >= 4 is 0 Å². The summed E-state index contributed by atoms with van der Waals surface area (Å²) >= 11 is 0. The van der Waals surface area contributed by atoms with Crippen molar-refractivity contribution in [1.29, 1.82) is 0 Å². The second kappa shape index (κ2) is 6.32. The molecule has 4 heteroatoms. The molecule has 0 unspecified atom stereocenters. The molecule has 1 saturated carbocycles. The van der Waals surface area contributed by atoms with Gasteiger partial charge in [0.05, 0.1) is 0 Å². The molecule has 4 nitrogen and oxygen atoms in total. The van der Waals surface area contributed by atoms with Crippen LogP contribution >= 0.6 is 0 Å². The number of hydrogen-bond donors (Lipinski definition) is 1. The van der Waals surface area contributed by atoms with Crippen molar-refractivity contribution in [1.82, 2.24) is 14.8 Å². The van der Waals surface area contributed by atoms with Crippen LogP contribution in [0, 0.1) is 5.41 Å². The average molecular weight is 250 g/mol. The highest BCUT2D eigenvalue weighted by Crippen LogP contribution is 2.36. The number of rotatable bonds is 4. The SMILES string of the molecule is CCn1ncnc1CC1(CN)CCCCCCC1. The van der Waals surface area contributed by atoms with Gasteiger partial charge in [-0.2, -0.15) is 5.10 Å². The van der Waals surface area contributed by atoms with E-state index in [1.165, 1.54) is 44.9 Å². The monoisotopic (exact) mass is 250 g/mol. The highest BCUT2D eigenvalue weighted by atomic mass is 15.3. The van der Waals surface area contributed by atoms with Gasteiger partial charge in [-0.3, -0.25) is 4.68 Å². The molecule has 102 valence electrons. The molecule has 1 aromatic heterocycles. The summed E-state index contributed by atoms with van der Waals surface area (Å²) < 4.78 is 2.01. The van der Waals surface area contributed by atoms with Crippen LogP contribution in [-0.4, -0.2) is 21.3 Å². The standard InChI is InChI=1S/C14H26N4/c1-2-18-13(16-12-17-18)10-14(11-15)8-6-4-3-5-7-9-14/h12H,2-11,15H2,1H3. The highest BCUT2D eigenvalue weighted by Gasteiger charge is 2.30. The van der Waals surface area contributed by atoms with E-state index in [1.807, 2.05) is 4.68 Å². The number of aryl methyl sites for hydroxylation is 1. The van der Waals surface area contributed by atoms with Crippen LogP contribution in [0.5, 0.6) is 0 Å². The van der Waals surface area contributed by atoms with Crippen LogP contribution in [0.25, 0.3) is 0 Å². The van der Waals surface area contributed by atoms with Crippen LogP contribution in [0.2, 0.25) is 0 Å².